The van der Waals surface area contributed by atoms with Gasteiger partial charge in [0.15, 0.2) is 0 Å². The highest BCUT2D eigenvalue weighted by molar-refractivity contribution is 6.17. The molecule has 0 spiro atoms. The minimum Gasteiger partial charge on any atom is -0.309 e. The van der Waals surface area contributed by atoms with Crippen LogP contribution in [0.25, 0.3) is 93.6 Å². The molecule has 0 radical (unpaired) electrons. The maximum atomic E-state index is 10.6. The Morgan fingerprint density at radius 1 is 0.382 bits per heavy atom. The Kier molecular flexibility index (Phi) is 6.61. The van der Waals surface area contributed by atoms with E-state index < -0.39 is 0 Å². The number of nitriles is 2. The molecule has 0 aliphatic carbocycles. The Balaban J connectivity index is 1.19. The van der Waals surface area contributed by atoms with Crippen LogP contribution in [-0.4, -0.2) is 13.7 Å². The van der Waals surface area contributed by atoms with Gasteiger partial charge in [-0.25, -0.2) is 0 Å². The van der Waals surface area contributed by atoms with Crippen LogP contribution in [-0.2, 0) is 0 Å². The van der Waals surface area contributed by atoms with Gasteiger partial charge in [-0.2, -0.15) is 10.5 Å². The van der Waals surface area contributed by atoms with Gasteiger partial charge in [0.2, 0.25) is 0 Å². The van der Waals surface area contributed by atoms with Crippen LogP contribution in [0.2, 0.25) is 0 Å². The number of hydrogen-bond donors (Lipinski definition) is 0. The highest BCUT2D eigenvalue weighted by Gasteiger charge is 2.22. The molecule has 0 unspecified atom stereocenters. The molecule has 254 valence electrons. The molecule has 0 aliphatic rings. The lowest BCUT2D eigenvalue weighted by Crippen LogP contribution is -2.01. The molecule has 55 heavy (non-hydrogen) atoms. The van der Waals surface area contributed by atoms with Gasteiger partial charge in [0.1, 0.15) is 6.07 Å². The fourth-order valence-corrected chi connectivity index (χ4v) is 8.85. The first-order valence-corrected chi connectivity index (χ1v) is 18.3. The maximum absolute atomic E-state index is 10.6. The second-order valence-electron chi connectivity index (χ2n) is 14.0. The maximum Gasteiger partial charge on any atom is 0.101 e. The number of fused-ring (bicyclic) bond motifs is 9. The molecule has 0 N–H and O–H groups in total. The molecular weight excluding hydrogens is 671 g/mol. The van der Waals surface area contributed by atoms with E-state index in [0.717, 1.165) is 82.8 Å². The van der Waals surface area contributed by atoms with Crippen LogP contribution < -0.4 is 0 Å². The quantitative estimate of drug-likeness (QED) is 0.184. The molecule has 0 aliphatic heterocycles. The number of aromatic nitrogens is 3. The molecule has 11 rings (SSSR count). The predicted octanol–water partition coefficient (Wildman–Crippen LogP) is 12.4. The number of nitrogens with zero attached hydrogens (tertiary/aromatic N) is 5. The first-order chi connectivity index (χ1) is 27.2. The number of hydrogen-bond acceptors (Lipinski definition) is 2. The Morgan fingerprint density at radius 2 is 0.927 bits per heavy atom. The van der Waals surface area contributed by atoms with Gasteiger partial charge >= 0.3 is 0 Å². The molecule has 11 aromatic rings. The van der Waals surface area contributed by atoms with Crippen LogP contribution in [0.5, 0.6) is 0 Å². The summed E-state index contributed by atoms with van der Waals surface area (Å²) in [5.41, 5.74) is 12.5. The lowest BCUT2D eigenvalue weighted by atomic mass is 9.99. The lowest BCUT2D eigenvalue weighted by molar-refractivity contribution is 1.16. The van der Waals surface area contributed by atoms with E-state index in [0.29, 0.717) is 11.1 Å². The van der Waals surface area contributed by atoms with Crippen molar-refractivity contribution in [3.63, 3.8) is 0 Å². The first kappa shape index (κ1) is 30.7. The Hall–Kier alpha value is -7.86. The monoisotopic (exact) mass is 699 g/mol. The summed E-state index contributed by atoms with van der Waals surface area (Å²) in [4.78, 5) is 0. The third kappa shape index (κ3) is 4.39. The highest BCUT2D eigenvalue weighted by Crippen LogP contribution is 2.42. The van der Waals surface area contributed by atoms with E-state index in [1.807, 2.05) is 24.3 Å². The molecule has 0 bridgehead atoms. The summed E-state index contributed by atoms with van der Waals surface area (Å²) in [5.74, 6) is 0. The van der Waals surface area contributed by atoms with E-state index in [1.54, 1.807) is 0 Å². The molecule has 5 heteroatoms. The topological polar surface area (TPSA) is 62.4 Å². The molecule has 0 atom stereocenters. The van der Waals surface area contributed by atoms with Crippen LogP contribution in [0, 0.1) is 22.7 Å². The summed E-state index contributed by atoms with van der Waals surface area (Å²) in [6.07, 6.45) is 0. The summed E-state index contributed by atoms with van der Waals surface area (Å²) >= 11 is 0. The second kappa shape index (κ2) is 11.8. The molecule has 0 amide bonds. The minimum absolute atomic E-state index is 0.603. The third-order valence-corrected chi connectivity index (χ3v) is 11.1. The summed E-state index contributed by atoms with van der Waals surface area (Å²) in [6.45, 7) is 0. The zero-order valence-corrected chi connectivity index (χ0v) is 29.5. The van der Waals surface area contributed by atoms with Crippen molar-refractivity contribution in [2.75, 3.05) is 0 Å². The van der Waals surface area contributed by atoms with E-state index >= 15 is 0 Å². The molecular formula is C50H29N5. The van der Waals surface area contributed by atoms with Gasteiger partial charge in [-0.1, -0.05) is 103 Å². The van der Waals surface area contributed by atoms with Crippen LogP contribution in [0.15, 0.2) is 176 Å². The average molecular weight is 700 g/mol. The van der Waals surface area contributed by atoms with Gasteiger partial charge in [-0.3, -0.25) is 0 Å². The lowest BCUT2D eigenvalue weighted by Gasteiger charge is -2.17. The molecule has 3 heterocycles. The van der Waals surface area contributed by atoms with Gasteiger partial charge in [0, 0.05) is 43.6 Å². The minimum atomic E-state index is 0.603. The number of rotatable bonds is 4. The number of para-hydroxylation sites is 5. The van der Waals surface area contributed by atoms with Gasteiger partial charge < -0.3 is 13.7 Å². The molecule has 5 nitrogen and oxygen atoms in total. The van der Waals surface area contributed by atoms with Gasteiger partial charge in [0.25, 0.3) is 0 Å². The Bertz CT molecular complexity index is 3360. The molecule has 0 saturated carbocycles. The third-order valence-electron chi connectivity index (χ3n) is 11.1. The van der Waals surface area contributed by atoms with Gasteiger partial charge in [-0.05, 0) is 78.4 Å². The van der Waals surface area contributed by atoms with E-state index in [4.69, 9.17) is 0 Å². The summed E-state index contributed by atoms with van der Waals surface area (Å²) in [7, 11) is 0. The van der Waals surface area contributed by atoms with Gasteiger partial charge in [-0.15, -0.1) is 0 Å². The second-order valence-corrected chi connectivity index (χ2v) is 14.0. The Labute approximate surface area is 316 Å². The zero-order chi connectivity index (χ0) is 36.6. The predicted molar refractivity (Wildman–Crippen MR) is 224 cm³/mol. The summed E-state index contributed by atoms with van der Waals surface area (Å²) in [6, 6.07) is 65.9. The first-order valence-electron chi connectivity index (χ1n) is 18.3. The van der Waals surface area contributed by atoms with E-state index in [1.165, 1.54) is 10.8 Å². The van der Waals surface area contributed by atoms with Crippen molar-refractivity contribution in [2.24, 2.45) is 0 Å². The normalized spacial score (nSPS) is 11.6. The van der Waals surface area contributed by atoms with E-state index in [-0.39, 0.29) is 0 Å². The van der Waals surface area contributed by atoms with Crippen LogP contribution >= 0.6 is 0 Å². The summed E-state index contributed by atoms with van der Waals surface area (Å²) in [5, 5.41) is 27.4. The van der Waals surface area contributed by atoms with Crippen molar-refractivity contribution in [3.8, 4) is 40.3 Å². The van der Waals surface area contributed by atoms with Crippen molar-refractivity contribution in [2.45, 2.75) is 0 Å². The van der Waals surface area contributed by atoms with E-state index in [9.17, 15) is 10.5 Å². The van der Waals surface area contributed by atoms with Crippen LogP contribution in [0.4, 0.5) is 0 Å². The standard InChI is InChI=1S/C50H29N5/c51-30-32-26-27-46-41(28-32)49-47(24-11-25-48(49)54-42-20-5-1-15-37(42)38-16-2-6-21-43(38)54)53(46)35-14-9-12-33(29-35)36-19-10-13-34(31-52)50(36)55-44-22-7-3-17-39(44)40-18-4-8-23-45(40)55/h1-29H. The average Bonchev–Trinajstić information content (AvgIpc) is 3.89. The molecule has 3 aromatic heterocycles. The summed E-state index contributed by atoms with van der Waals surface area (Å²) < 4.78 is 6.91. The zero-order valence-electron chi connectivity index (χ0n) is 29.5. The van der Waals surface area contributed by atoms with E-state index in [2.05, 4.69) is 177 Å². The highest BCUT2D eigenvalue weighted by atomic mass is 15.0. The molecule has 0 fully saturated rings. The van der Waals surface area contributed by atoms with Crippen molar-refractivity contribution >= 4 is 65.4 Å². The van der Waals surface area contributed by atoms with Gasteiger partial charge in [0.05, 0.1) is 61.7 Å². The fraction of sp³-hybridized carbons (Fsp3) is 0. The molecule has 0 saturated heterocycles. The van der Waals surface area contributed by atoms with Crippen molar-refractivity contribution in [1.82, 2.24) is 13.7 Å². The molecule has 8 aromatic carbocycles. The van der Waals surface area contributed by atoms with Crippen LogP contribution in [0.1, 0.15) is 11.1 Å². The van der Waals surface area contributed by atoms with Crippen LogP contribution in [0.3, 0.4) is 0 Å². The SMILES string of the molecule is N#Cc1ccc2c(c1)c1c(-n3c4ccccc4c4ccccc43)cccc1n2-c1cccc(-c2cccc(C#N)c2-n2c3ccccc3c3ccccc32)c1. The smallest absolute Gasteiger partial charge is 0.101 e. The number of benzene rings is 8. The Morgan fingerprint density at radius 3 is 1.55 bits per heavy atom. The van der Waals surface area contributed by atoms with Crippen molar-refractivity contribution in [1.29, 1.82) is 10.5 Å². The van der Waals surface area contributed by atoms with Crippen molar-refractivity contribution < 1.29 is 0 Å². The largest absolute Gasteiger partial charge is 0.309 e. The fourth-order valence-electron chi connectivity index (χ4n) is 8.85. The van der Waals surface area contributed by atoms with Crippen molar-refractivity contribution in [3.05, 3.63) is 187 Å².